The second kappa shape index (κ2) is 4.17. The van der Waals surface area contributed by atoms with Gasteiger partial charge in [0.05, 0.1) is 0 Å². The first kappa shape index (κ1) is 10.3. The summed E-state index contributed by atoms with van der Waals surface area (Å²) in [7, 11) is 0. The molecular formula is C12H20N4. The van der Waals surface area contributed by atoms with Crippen LogP contribution < -0.4 is 5.32 Å². The number of H-pyrrole nitrogens is 1. The maximum atomic E-state index is 4.32. The van der Waals surface area contributed by atoms with Gasteiger partial charge in [0.1, 0.15) is 5.82 Å². The zero-order valence-corrected chi connectivity index (χ0v) is 9.87. The van der Waals surface area contributed by atoms with Crippen LogP contribution in [-0.4, -0.2) is 27.8 Å². The molecule has 16 heavy (non-hydrogen) atoms. The number of aryl methyl sites for hydroxylation is 1. The van der Waals surface area contributed by atoms with E-state index in [1.54, 1.807) is 0 Å². The highest BCUT2D eigenvalue weighted by Gasteiger charge is 2.40. The van der Waals surface area contributed by atoms with E-state index in [-0.39, 0.29) is 0 Å². The molecule has 2 aliphatic rings. The molecule has 0 atom stereocenters. The SMILES string of the molecule is Cc1nc(CCNC(C2CC2)C2CC2)n[nH]1. The summed E-state index contributed by atoms with van der Waals surface area (Å²) in [6.07, 6.45) is 6.70. The minimum Gasteiger partial charge on any atom is -0.313 e. The third-order valence-electron chi connectivity index (χ3n) is 3.63. The molecule has 0 aromatic carbocycles. The Morgan fingerprint density at radius 1 is 1.31 bits per heavy atom. The molecule has 1 heterocycles. The van der Waals surface area contributed by atoms with Crippen LogP contribution in [0.4, 0.5) is 0 Å². The fraction of sp³-hybridized carbons (Fsp3) is 0.833. The number of aromatic amines is 1. The molecule has 0 bridgehead atoms. The highest BCUT2D eigenvalue weighted by molar-refractivity contribution is 4.97. The van der Waals surface area contributed by atoms with Gasteiger partial charge >= 0.3 is 0 Å². The Balaban J connectivity index is 1.44. The van der Waals surface area contributed by atoms with Crippen molar-refractivity contribution in [2.24, 2.45) is 11.8 Å². The number of nitrogens with zero attached hydrogens (tertiary/aromatic N) is 2. The van der Waals surface area contributed by atoms with Crippen molar-refractivity contribution >= 4 is 0 Å². The third-order valence-corrected chi connectivity index (χ3v) is 3.63. The van der Waals surface area contributed by atoms with E-state index in [0.29, 0.717) is 0 Å². The lowest BCUT2D eigenvalue weighted by Crippen LogP contribution is -2.34. The van der Waals surface area contributed by atoms with Gasteiger partial charge in [-0.3, -0.25) is 5.10 Å². The second-order valence-electron chi connectivity index (χ2n) is 5.24. The summed E-state index contributed by atoms with van der Waals surface area (Å²) in [5.41, 5.74) is 0. The van der Waals surface area contributed by atoms with Crippen molar-refractivity contribution in [3.63, 3.8) is 0 Å². The molecule has 4 nitrogen and oxygen atoms in total. The molecule has 0 spiro atoms. The van der Waals surface area contributed by atoms with Gasteiger partial charge in [0.25, 0.3) is 0 Å². The van der Waals surface area contributed by atoms with Crippen LogP contribution in [0.15, 0.2) is 0 Å². The van der Waals surface area contributed by atoms with Gasteiger partial charge in [-0.15, -0.1) is 0 Å². The summed E-state index contributed by atoms with van der Waals surface area (Å²) in [6, 6.07) is 0.792. The van der Waals surface area contributed by atoms with Gasteiger partial charge in [-0.1, -0.05) is 0 Å². The Morgan fingerprint density at radius 2 is 2.00 bits per heavy atom. The first-order chi connectivity index (χ1) is 7.83. The molecule has 0 unspecified atom stereocenters. The van der Waals surface area contributed by atoms with E-state index in [1.807, 2.05) is 6.92 Å². The number of hydrogen-bond donors (Lipinski definition) is 2. The largest absolute Gasteiger partial charge is 0.313 e. The molecule has 0 saturated heterocycles. The molecule has 3 rings (SSSR count). The van der Waals surface area contributed by atoms with Gasteiger partial charge in [-0.05, 0) is 44.4 Å². The summed E-state index contributed by atoms with van der Waals surface area (Å²) in [6.45, 7) is 2.97. The molecule has 88 valence electrons. The van der Waals surface area contributed by atoms with Crippen LogP contribution >= 0.6 is 0 Å². The van der Waals surface area contributed by atoms with Gasteiger partial charge in [0.2, 0.25) is 0 Å². The van der Waals surface area contributed by atoms with E-state index in [0.717, 1.165) is 42.5 Å². The molecule has 2 N–H and O–H groups in total. The van der Waals surface area contributed by atoms with Crippen LogP contribution in [0.5, 0.6) is 0 Å². The van der Waals surface area contributed by atoms with Crippen LogP contribution in [0.2, 0.25) is 0 Å². The predicted molar refractivity (Wildman–Crippen MR) is 62.1 cm³/mol. The summed E-state index contributed by atoms with van der Waals surface area (Å²) in [5, 5.41) is 10.8. The average Bonchev–Trinajstić information content (AvgIpc) is 3.15. The zero-order chi connectivity index (χ0) is 11.0. The molecule has 4 heteroatoms. The lowest BCUT2D eigenvalue weighted by atomic mass is 10.1. The van der Waals surface area contributed by atoms with Crippen molar-refractivity contribution in [2.45, 2.75) is 45.1 Å². The summed E-state index contributed by atoms with van der Waals surface area (Å²) in [4.78, 5) is 4.32. The molecule has 2 aliphatic carbocycles. The van der Waals surface area contributed by atoms with Crippen LogP contribution in [0.3, 0.4) is 0 Å². The van der Waals surface area contributed by atoms with Gasteiger partial charge in [-0.2, -0.15) is 5.10 Å². The van der Waals surface area contributed by atoms with Crippen molar-refractivity contribution in [3.8, 4) is 0 Å². The minimum absolute atomic E-state index is 0.792. The number of nitrogens with one attached hydrogen (secondary N) is 2. The smallest absolute Gasteiger partial charge is 0.151 e. The molecule has 0 aliphatic heterocycles. The van der Waals surface area contributed by atoms with Gasteiger partial charge in [-0.25, -0.2) is 4.98 Å². The van der Waals surface area contributed by atoms with E-state index in [1.165, 1.54) is 25.7 Å². The molecule has 1 aromatic rings. The molecule has 2 fully saturated rings. The van der Waals surface area contributed by atoms with Crippen molar-refractivity contribution in [3.05, 3.63) is 11.6 Å². The third kappa shape index (κ3) is 2.43. The Labute approximate surface area is 96.2 Å². The molecular weight excluding hydrogens is 200 g/mol. The first-order valence-electron chi connectivity index (χ1n) is 6.44. The number of aromatic nitrogens is 3. The quantitative estimate of drug-likeness (QED) is 0.762. The van der Waals surface area contributed by atoms with Crippen LogP contribution in [0.25, 0.3) is 0 Å². The normalized spacial score (nSPS) is 20.6. The predicted octanol–water partition coefficient (Wildman–Crippen LogP) is 1.43. The monoisotopic (exact) mass is 220 g/mol. The highest BCUT2D eigenvalue weighted by Crippen LogP contribution is 2.44. The van der Waals surface area contributed by atoms with Crippen molar-refractivity contribution in [1.29, 1.82) is 0 Å². The Hall–Kier alpha value is -0.900. The summed E-state index contributed by atoms with van der Waals surface area (Å²) in [5.74, 6) is 3.80. The lowest BCUT2D eigenvalue weighted by molar-refractivity contribution is 0.418. The summed E-state index contributed by atoms with van der Waals surface area (Å²) >= 11 is 0. The molecule has 2 saturated carbocycles. The standard InChI is InChI=1S/C12H20N4/c1-8-14-11(16-15-8)6-7-13-12(9-2-3-9)10-4-5-10/h9-10,12-13H,2-7H2,1H3,(H,14,15,16). The van der Waals surface area contributed by atoms with E-state index < -0.39 is 0 Å². The number of hydrogen-bond acceptors (Lipinski definition) is 3. The Morgan fingerprint density at radius 3 is 2.50 bits per heavy atom. The maximum Gasteiger partial charge on any atom is 0.151 e. The van der Waals surface area contributed by atoms with Crippen molar-refractivity contribution in [1.82, 2.24) is 20.5 Å². The van der Waals surface area contributed by atoms with Crippen LogP contribution in [0.1, 0.15) is 37.3 Å². The first-order valence-corrected chi connectivity index (χ1v) is 6.44. The highest BCUT2D eigenvalue weighted by atomic mass is 15.2. The fourth-order valence-corrected chi connectivity index (χ4v) is 2.48. The number of rotatable bonds is 6. The van der Waals surface area contributed by atoms with Crippen molar-refractivity contribution in [2.75, 3.05) is 6.54 Å². The van der Waals surface area contributed by atoms with Crippen molar-refractivity contribution < 1.29 is 0 Å². The van der Waals surface area contributed by atoms with Crippen LogP contribution in [-0.2, 0) is 6.42 Å². The fourth-order valence-electron chi connectivity index (χ4n) is 2.48. The van der Waals surface area contributed by atoms with Gasteiger partial charge in [0.15, 0.2) is 5.82 Å². The molecule has 1 aromatic heterocycles. The Kier molecular flexibility index (Phi) is 2.67. The topological polar surface area (TPSA) is 53.6 Å². The molecule has 0 radical (unpaired) electrons. The second-order valence-corrected chi connectivity index (χ2v) is 5.24. The van der Waals surface area contributed by atoms with E-state index in [4.69, 9.17) is 0 Å². The van der Waals surface area contributed by atoms with E-state index in [2.05, 4.69) is 20.5 Å². The maximum absolute atomic E-state index is 4.32. The van der Waals surface area contributed by atoms with Gasteiger partial charge < -0.3 is 5.32 Å². The minimum atomic E-state index is 0.792. The zero-order valence-electron chi connectivity index (χ0n) is 9.87. The molecule has 0 amide bonds. The van der Waals surface area contributed by atoms with E-state index in [9.17, 15) is 0 Å². The summed E-state index contributed by atoms with van der Waals surface area (Å²) < 4.78 is 0. The van der Waals surface area contributed by atoms with E-state index >= 15 is 0 Å². The van der Waals surface area contributed by atoms with Crippen LogP contribution in [0, 0.1) is 18.8 Å². The van der Waals surface area contributed by atoms with Gasteiger partial charge in [0, 0.05) is 19.0 Å². The Bertz CT molecular complexity index is 340. The lowest BCUT2D eigenvalue weighted by Gasteiger charge is -2.16. The average molecular weight is 220 g/mol.